The van der Waals surface area contributed by atoms with E-state index in [1.807, 2.05) is 65.8 Å². The highest BCUT2D eigenvalue weighted by Crippen LogP contribution is 2.35. The normalized spacial score (nSPS) is 12.5. The molecule has 0 aliphatic heterocycles. The van der Waals surface area contributed by atoms with Crippen LogP contribution in [0, 0.1) is 13.8 Å². The van der Waals surface area contributed by atoms with Crippen molar-refractivity contribution >= 4 is 50.7 Å². The second kappa shape index (κ2) is 13.3. The molecule has 7 nitrogen and oxygen atoms in total. The number of carbonyl (C=O) groups excluding carboxylic acids is 2. The van der Waals surface area contributed by atoms with Gasteiger partial charge in [-0.25, -0.2) is 8.42 Å². The number of amides is 2. The molecule has 1 atom stereocenters. The molecule has 2 amide bonds. The van der Waals surface area contributed by atoms with Crippen molar-refractivity contribution in [3.05, 3.63) is 93.5 Å². The van der Waals surface area contributed by atoms with Gasteiger partial charge in [-0.15, -0.1) is 0 Å². The quantitative estimate of drug-likeness (QED) is 0.280. The summed E-state index contributed by atoms with van der Waals surface area (Å²) < 4.78 is 29.0. The van der Waals surface area contributed by atoms with E-state index in [1.54, 1.807) is 24.3 Å². The summed E-state index contributed by atoms with van der Waals surface area (Å²) in [7, 11) is -4.26. The van der Waals surface area contributed by atoms with Gasteiger partial charge < -0.3 is 10.2 Å². The van der Waals surface area contributed by atoms with Crippen LogP contribution in [-0.2, 0) is 26.2 Å². The highest BCUT2D eigenvalue weighted by atomic mass is 35.5. The Kier molecular flexibility index (Phi) is 10.5. The van der Waals surface area contributed by atoms with Gasteiger partial charge in [0.2, 0.25) is 11.8 Å². The Morgan fingerprint density at radius 2 is 1.46 bits per heavy atom. The van der Waals surface area contributed by atoms with E-state index in [0.29, 0.717) is 6.42 Å². The molecule has 3 aromatic rings. The van der Waals surface area contributed by atoms with E-state index < -0.39 is 34.1 Å². The van der Waals surface area contributed by atoms with Gasteiger partial charge in [0.15, 0.2) is 0 Å². The van der Waals surface area contributed by atoms with Crippen molar-refractivity contribution < 1.29 is 18.0 Å². The molecule has 3 aromatic carbocycles. The van der Waals surface area contributed by atoms with Crippen LogP contribution in [0.5, 0.6) is 0 Å². The molecule has 0 saturated heterocycles. The Balaban J connectivity index is 2.11. The maximum atomic E-state index is 14.2. The average Bonchev–Trinajstić information content (AvgIpc) is 2.89. The van der Waals surface area contributed by atoms with Crippen LogP contribution in [-0.4, -0.2) is 43.3 Å². The zero-order valence-electron chi connectivity index (χ0n) is 24.2. The lowest BCUT2D eigenvalue weighted by atomic mass is 10.1. The molecule has 220 valence electrons. The van der Waals surface area contributed by atoms with Gasteiger partial charge in [-0.2, -0.15) is 0 Å². The Bertz CT molecular complexity index is 1490. The topological polar surface area (TPSA) is 86.8 Å². The lowest BCUT2D eigenvalue weighted by Gasteiger charge is -2.35. The smallest absolute Gasteiger partial charge is 0.264 e. The van der Waals surface area contributed by atoms with Crippen molar-refractivity contribution in [1.82, 2.24) is 10.2 Å². The summed E-state index contributed by atoms with van der Waals surface area (Å²) >= 11 is 12.8. The highest BCUT2D eigenvalue weighted by molar-refractivity contribution is 7.92. The Morgan fingerprint density at radius 3 is 2.00 bits per heavy atom. The van der Waals surface area contributed by atoms with Gasteiger partial charge in [0.1, 0.15) is 12.6 Å². The molecule has 0 radical (unpaired) electrons. The number of halogens is 2. The van der Waals surface area contributed by atoms with Crippen molar-refractivity contribution in [2.75, 3.05) is 10.8 Å². The van der Waals surface area contributed by atoms with Crippen molar-refractivity contribution in [1.29, 1.82) is 0 Å². The van der Waals surface area contributed by atoms with Crippen LogP contribution in [0.2, 0.25) is 10.0 Å². The van der Waals surface area contributed by atoms with Crippen LogP contribution >= 0.6 is 23.2 Å². The number of carbonyl (C=O) groups is 2. The standard InChI is InChI=1S/C31H37Cl2N3O4S/c1-7-26(30(38)34-31(4,5)6)35(19-23-15-11-21(2)12-16-23)28(37)20-36(27-10-8-9-25(32)29(27)33)41(39,40)24-17-13-22(3)14-18-24/h8-18,26H,7,19-20H2,1-6H3,(H,34,38)/t26-/m0/s1. The minimum Gasteiger partial charge on any atom is -0.350 e. The Labute approximate surface area is 253 Å². The number of nitrogens with zero attached hydrogens (tertiary/aromatic N) is 2. The third-order valence-electron chi connectivity index (χ3n) is 6.45. The fraction of sp³-hybridized carbons (Fsp3) is 0.355. The summed E-state index contributed by atoms with van der Waals surface area (Å²) in [6.45, 7) is 10.7. The number of sulfonamides is 1. The highest BCUT2D eigenvalue weighted by Gasteiger charge is 2.35. The van der Waals surface area contributed by atoms with Crippen LogP contribution in [0.15, 0.2) is 71.6 Å². The van der Waals surface area contributed by atoms with Crippen LogP contribution in [0.3, 0.4) is 0 Å². The maximum Gasteiger partial charge on any atom is 0.264 e. The Hall–Kier alpha value is -3.07. The second-order valence-corrected chi connectivity index (χ2v) is 13.7. The molecule has 0 aliphatic rings. The average molecular weight is 619 g/mol. The van der Waals surface area contributed by atoms with Gasteiger partial charge in [0, 0.05) is 12.1 Å². The third-order valence-corrected chi connectivity index (χ3v) is 9.03. The lowest BCUT2D eigenvalue weighted by molar-refractivity contribution is -0.141. The molecule has 0 aromatic heterocycles. The van der Waals surface area contributed by atoms with Gasteiger partial charge >= 0.3 is 0 Å². The molecule has 41 heavy (non-hydrogen) atoms. The van der Waals surface area contributed by atoms with Gasteiger partial charge in [-0.3, -0.25) is 13.9 Å². The molecular formula is C31H37Cl2N3O4S. The summed E-state index contributed by atoms with van der Waals surface area (Å²) in [6, 6.07) is 17.7. The fourth-order valence-electron chi connectivity index (χ4n) is 4.30. The van der Waals surface area contributed by atoms with Crippen LogP contribution < -0.4 is 9.62 Å². The molecule has 0 unspecified atom stereocenters. The van der Waals surface area contributed by atoms with Crippen LogP contribution in [0.4, 0.5) is 5.69 Å². The molecule has 3 rings (SSSR count). The molecule has 0 aliphatic carbocycles. The van der Waals surface area contributed by atoms with E-state index in [0.717, 1.165) is 21.0 Å². The zero-order valence-corrected chi connectivity index (χ0v) is 26.6. The van der Waals surface area contributed by atoms with Gasteiger partial charge in [0.05, 0.1) is 20.6 Å². The summed E-state index contributed by atoms with van der Waals surface area (Å²) in [4.78, 5) is 29.0. The van der Waals surface area contributed by atoms with Gasteiger partial charge in [-0.1, -0.05) is 83.7 Å². The SMILES string of the molecule is CC[C@@H](C(=O)NC(C)(C)C)N(Cc1ccc(C)cc1)C(=O)CN(c1cccc(Cl)c1Cl)S(=O)(=O)c1ccc(C)cc1. The first kappa shape index (κ1) is 32.4. The molecule has 10 heteroatoms. The molecule has 1 N–H and O–H groups in total. The Morgan fingerprint density at radius 1 is 0.902 bits per heavy atom. The summed E-state index contributed by atoms with van der Waals surface area (Å²) in [6.07, 6.45) is 0.322. The van der Waals surface area contributed by atoms with Gasteiger partial charge in [-0.05, 0) is 70.9 Å². The third kappa shape index (κ3) is 8.24. The van der Waals surface area contributed by atoms with Crippen molar-refractivity contribution in [2.45, 2.75) is 71.0 Å². The van der Waals surface area contributed by atoms with Crippen molar-refractivity contribution in [3.8, 4) is 0 Å². The van der Waals surface area contributed by atoms with Crippen LogP contribution in [0.25, 0.3) is 0 Å². The van der Waals surface area contributed by atoms with Crippen LogP contribution in [0.1, 0.15) is 50.8 Å². The van der Waals surface area contributed by atoms with E-state index in [9.17, 15) is 18.0 Å². The fourth-order valence-corrected chi connectivity index (χ4v) is 6.17. The molecule has 0 fully saturated rings. The van der Waals surface area contributed by atoms with E-state index in [4.69, 9.17) is 23.2 Å². The minimum atomic E-state index is -4.26. The number of rotatable bonds is 10. The number of nitrogens with one attached hydrogen (secondary N) is 1. The number of anilines is 1. The predicted molar refractivity (Wildman–Crippen MR) is 166 cm³/mol. The molecule has 0 bridgehead atoms. The molecule has 0 saturated carbocycles. The molecule has 0 spiro atoms. The largest absolute Gasteiger partial charge is 0.350 e. The van der Waals surface area contributed by atoms with Gasteiger partial charge in [0.25, 0.3) is 10.0 Å². The first-order valence-corrected chi connectivity index (χ1v) is 15.5. The number of hydrogen-bond acceptors (Lipinski definition) is 4. The van der Waals surface area contributed by atoms with E-state index in [-0.39, 0.29) is 33.1 Å². The van der Waals surface area contributed by atoms with E-state index in [2.05, 4.69) is 5.32 Å². The first-order valence-electron chi connectivity index (χ1n) is 13.3. The second-order valence-electron chi connectivity index (χ2n) is 11.1. The summed E-state index contributed by atoms with van der Waals surface area (Å²) in [5, 5.41) is 3.11. The molecular weight excluding hydrogens is 581 g/mol. The maximum absolute atomic E-state index is 14.2. The first-order chi connectivity index (χ1) is 19.1. The molecule has 0 heterocycles. The monoisotopic (exact) mass is 617 g/mol. The zero-order chi connectivity index (χ0) is 30.5. The summed E-state index contributed by atoms with van der Waals surface area (Å²) in [5.41, 5.74) is 2.27. The van der Waals surface area contributed by atoms with Crippen molar-refractivity contribution in [3.63, 3.8) is 0 Å². The number of aryl methyl sites for hydroxylation is 2. The number of benzene rings is 3. The van der Waals surface area contributed by atoms with Crippen molar-refractivity contribution in [2.24, 2.45) is 0 Å². The van der Waals surface area contributed by atoms with E-state index >= 15 is 0 Å². The minimum absolute atomic E-state index is 0.000236. The predicted octanol–water partition coefficient (Wildman–Crippen LogP) is 6.53. The number of hydrogen-bond donors (Lipinski definition) is 1. The summed E-state index contributed by atoms with van der Waals surface area (Å²) in [5.74, 6) is -0.887. The lowest BCUT2D eigenvalue weighted by Crippen LogP contribution is -2.55. The van der Waals surface area contributed by atoms with E-state index in [1.165, 1.54) is 23.1 Å².